The van der Waals surface area contributed by atoms with E-state index in [9.17, 15) is 13.2 Å². The number of rotatable bonds is 7. The molecule has 1 atom stereocenters. The second-order valence-electron chi connectivity index (χ2n) is 5.46. The molecule has 0 aliphatic carbocycles. The van der Waals surface area contributed by atoms with E-state index in [0.29, 0.717) is 24.9 Å². The lowest BCUT2D eigenvalue weighted by Crippen LogP contribution is -2.08. The molecule has 7 heteroatoms. The third-order valence-electron chi connectivity index (χ3n) is 3.57. The van der Waals surface area contributed by atoms with Crippen LogP contribution < -0.4 is 0 Å². The van der Waals surface area contributed by atoms with E-state index in [1.54, 1.807) is 36.4 Å². The van der Waals surface area contributed by atoms with E-state index in [0.717, 1.165) is 11.6 Å². The van der Waals surface area contributed by atoms with E-state index >= 15 is 0 Å². The van der Waals surface area contributed by atoms with Crippen molar-refractivity contribution in [1.29, 1.82) is 0 Å². The van der Waals surface area contributed by atoms with Gasteiger partial charge in [-0.1, -0.05) is 36.4 Å². The monoisotopic (exact) mass is 389 g/mol. The highest BCUT2D eigenvalue weighted by molar-refractivity contribution is 8.18. The molecule has 0 radical (unpaired) electrons. The van der Waals surface area contributed by atoms with Gasteiger partial charge in [0.05, 0.1) is 27.7 Å². The summed E-state index contributed by atoms with van der Waals surface area (Å²) in [7, 11) is 0.409. The van der Waals surface area contributed by atoms with Crippen LogP contribution in [-0.2, 0) is 21.4 Å². The predicted octanol–water partition coefficient (Wildman–Crippen LogP) is 6.58. The van der Waals surface area contributed by atoms with E-state index in [2.05, 4.69) is 8.93 Å². The quantitative estimate of drug-likeness (QED) is 0.498. The smallest absolute Gasteiger partial charge is 0.205 e. The Balaban J connectivity index is 2.45. The van der Waals surface area contributed by atoms with Crippen LogP contribution in [0.2, 0.25) is 0 Å². The third kappa shape index (κ3) is 5.49. The normalized spacial score (nSPS) is 12.4. The van der Waals surface area contributed by atoms with Gasteiger partial charge in [-0.05, 0) is 42.7 Å². The Morgan fingerprint density at radius 2 is 1.56 bits per heavy atom. The lowest BCUT2D eigenvalue weighted by molar-refractivity contribution is -0.137. The molecule has 2 aromatic carbocycles. The molecule has 0 heterocycles. The summed E-state index contributed by atoms with van der Waals surface area (Å²) in [4.78, 5) is 0. The summed E-state index contributed by atoms with van der Waals surface area (Å²) in [6.07, 6.45) is -3.96. The summed E-state index contributed by atoms with van der Waals surface area (Å²) < 4.78 is 51.7. The molecule has 0 N–H and O–H groups in total. The van der Waals surface area contributed by atoms with Crippen LogP contribution in [-0.4, -0.2) is 13.2 Å². The topological polar surface area (TPSA) is 18.5 Å². The molecule has 0 aliphatic heterocycles. The SMILES string of the molecule is CCO[P+](P)(Cc1ccc(C(F)(F)F)c(-c2ccccc2)c1)OCC. The van der Waals surface area contributed by atoms with E-state index in [1.165, 1.54) is 6.07 Å². The Kier molecular flexibility index (Phi) is 6.99. The number of benzene rings is 2. The standard InChI is InChI=1S/C18H22F3O2P2/c1-3-22-25(24,23-4-2)13-14-10-11-17(18(19,20)21)16(12-14)15-8-6-5-7-9-15/h5-12H,3-4,13,24H2,1-2H3/q+1. The molecular weight excluding hydrogens is 367 g/mol. The summed E-state index contributed by atoms with van der Waals surface area (Å²) in [5.41, 5.74) is 0.840. The van der Waals surface area contributed by atoms with Gasteiger partial charge in [0.25, 0.3) is 7.40 Å². The zero-order valence-corrected chi connectivity index (χ0v) is 16.3. The highest BCUT2D eigenvalue weighted by Crippen LogP contribution is 2.70. The first-order chi connectivity index (χ1) is 11.8. The van der Waals surface area contributed by atoms with Gasteiger partial charge < -0.3 is 0 Å². The third-order valence-corrected chi connectivity index (χ3v) is 7.21. The van der Waals surface area contributed by atoms with Crippen LogP contribution in [0.3, 0.4) is 0 Å². The minimum Gasteiger partial charge on any atom is -0.205 e. The Hall–Kier alpha value is -0.990. The predicted molar refractivity (Wildman–Crippen MR) is 100 cm³/mol. The van der Waals surface area contributed by atoms with Gasteiger partial charge in [-0.3, -0.25) is 0 Å². The molecule has 0 saturated carbocycles. The molecule has 136 valence electrons. The number of hydrogen-bond donors (Lipinski definition) is 0. The summed E-state index contributed by atoms with van der Waals surface area (Å²) in [6.45, 7) is 4.73. The molecule has 0 saturated heterocycles. The highest BCUT2D eigenvalue weighted by Gasteiger charge is 2.38. The number of hydrogen-bond acceptors (Lipinski definition) is 2. The summed E-state index contributed by atoms with van der Waals surface area (Å²) in [5, 5.41) is 0. The van der Waals surface area contributed by atoms with Crippen molar-refractivity contribution in [2.24, 2.45) is 0 Å². The Bertz CT molecular complexity index is 684. The van der Waals surface area contributed by atoms with Crippen LogP contribution in [0.15, 0.2) is 48.5 Å². The van der Waals surface area contributed by atoms with Crippen molar-refractivity contribution >= 4 is 16.3 Å². The zero-order valence-electron chi connectivity index (χ0n) is 14.2. The van der Waals surface area contributed by atoms with Gasteiger partial charge in [0.2, 0.25) is 0 Å². The molecule has 2 nitrogen and oxygen atoms in total. The maximum atomic E-state index is 13.4. The van der Waals surface area contributed by atoms with Crippen LogP contribution in [0, 0.1) is 0 Å². The molecule has 2 rings (SSSR count). The van der Waals surface area contributed by atoms with Gasteiger partial charge in [0.1, 0.15) is 6.16 Å². The summed E-state index contributed by atoms with van der Waals surface area (Å²) in [6, 6.07) is 12.9. The highest BCUT2D eigenvalue weighted by atomic mass is 32.1. The maximum Gasteiger partial charge on any atom is 0.417 e. The lowest BCUT2D eigenvalue weighted by atomic mass is 9.97. The van der Waals surface area contributed by atoms with Gasteiger partial charge in [0, 0.05) is 0 Å². The Morgan fingerprint density at radius 3 is 2.08 bits per heavy atom. The molecule has 0 aliphatic rings. The molecule has 1 unspecified atom stereocenters. The fraction of sp³-hybridized carbons (Fsp3) is 0.333. The van der Waals surface area contributed by atoms with Crippen LogP contribution in [0.4, 0.5) is 13.2 Å². The molecule has 0 amide bonds. The average molecular weight is 389 g/mol. The van der Waals surface area contributed by atoms with Crippen LogP contribution in [0.1, 0.15) is 25.0 Å². The number of halogens is 3. The summed E-state index contributed by atoms with van der Waals surface area (Å²) in [5.74, 6) is 0. The van der Waals surface area contributed by atoms with E-state index in [-0.39, 0.29) is 5.56 Å². The largest absolute Gasteiger partial charge is 0.417 e. The fourth-order valence-electron chi connectivity index (χ4n) is 2.61. The molecule has 0 spiro atoms. The zero-order chi connectivity index (χ0) is 18.5. The Morgan fingerprint density at radius 1 is 0.960 bits per heavy atom. The second-order valence-corrected chi connectivity index (χ2v) is 10.1. The first-order valence-corrected chi connectivity index (χ1v) is 11.4. The minimum absolute atomic E-state index is 0.176. The van der Waals surface area contributed by atoms with E-state index in [4.69, 9.17) is 9.05 Å². The average Bonchev–Trinajstić information content (AvgIpc) is 2.55. The van der Waals surface area contributed by atoms with E-state index in [1.807, 2.05) is 13.8 Å². The van der Waals surface area contributed by atoms with Gasteiger partial charge in [0.15, 0.2) is 0 Å². The molecule has 0 aromatic heterocycles. The lowest BCUT2D eigenvalue weighted by Gasteiger charge is -2.20. The van der Waals surface area contributed by atoms with E-state index < -0.39 is 19.1 Å². The van der Waals surface area contributed by atoms with Gasteiger partial charge in [-0.15, -0.1) is 0 Å². The molecule has 0 fully saturated rings. The van der Waals surface area contributed by atoms with Crippen molar-refractivity contribution in [1.82, 2.24) is 0 Å². The van der Waals surface area contributed by atoms with Crippen LogP contribution in [0.25, 0.3) is 11.1 Å². The Labute approximate surface area is 149 Å². The van der Waals surface area contributed by atoms with Crippen molar-refractivity contribution in [2.45, 2.75) is 26.2 Å². The summed E-state index contributed by atoms with van der Waals surface area (Å²) >= 11 is 0. The second kappa shape index (κ2) is 8.60. The molecule has 0 bridgehead atoms. The number of alkyl halides is 3. The fourth-order valence-corrected chi connectivity index (χ4v) is 5.98. The molecule has 25 heavy (non-hydrogen) atoms. The molecule has 2 aromatic rings. The van der Waals surface area contributed by atoms with Gasteiger partial charge >= 0.3 is 6.18 Å². The van der Waals surface area contributed by atoms with Crippen molar-refractivity contribution in [2.75, 3.05) is 13.2 Å². The molecular formula is C18H22F3O2P2+. The van der Waals surface area contributed by atoms with Crippen molar-refractivity contribution < 1.29 is 22.2 Å². The van der Waals surface area contributed by atoms with Crippen LogP contribution in [0.5, 0.6) is 0 Å². The van der Waals surface area contributed by atoms with Crippen molar-refractivity contribution in [3.05, 3.63) is 59.7 Å². The van der Waals surface area contributed by atoms with Gasteiger partial charge in [-0.25, -0.2) is 9.05 Å². The maximum absolute atomic E-state index is 13.4. The first kappa shape index (κ1) is 20.3. The van der Waals surface area contributed by atoms with Crippen molar-refractivity contribution in [3.63, 3.8) is 0 Å². The first-order valence-electron chi connectivity index (χ1n) is 8.00. The minimum atomic E-state index is -4.41. The van der Waals surface area contributed by atoms with Crippen LogP contribution >= 0.6 is 16.3 Å². The van der Waals surface area contributed by atoms with Crippen molar-refractivity contribution in [3.8, 4) is 11.1 Å². The van der Waals surface area contributed by atoms with Gasteiger partial charge in [-0.2, -0.15) is 13.2 Å².